The van der Waals surface area contributed by atoms with Crippen LogP contribution in [0.3, 0.4) is 0 Å². The zero-order valence-electron chi connectivity index (χ0n) is 13.6. The maximum atomic E-state index is 12.5. The summed E-state index contributed by atoms with van der Waals surface area (Å²) in [5.74, 6) is -2.02. The number of hydrogen-bond acceptors (Lipinski definition) is 4. The highest BCUT2D eigenvalue weighted by Crippen LogP contribution is 2.22. The van der Waals surface area contributed by atoms with Crippen LogP contribution in [-0.2, 0) is 11.3 Å². The van der Waals surface area contributed by atoms with E-state index in [1.54, 1.807) is 17.4 Å². The lowest BCUT2D eigenvalue weighted by Gasteiger charge is -2.09. The molecule has 6 nitrogen and oxygen atoms in total. The minimum absolute atomic E-state index is 0.0452. The van der Waals surface area contributed by atoms with E-state index in [9.17, 15) is 18.0 Å². The molecule has 0 saturated carbocycles. The lowest BCUT2D eigenvalue weighted by atomic mass is 10.1. The summed E-state index contributed by atoms with van der Waals surface area (Å²) in [5, 5.41) is 6.32. The quantitative estimate of drug-likeness (QED) is 0.780. The van der Waals surface area contributed by atoms with Gasteiger partial charge in [0.05, 0.1) is 6.54 Å². The number of amides is 1. The van der Waals surface area contributed by atoms with Crippen molar-refractivity contribution in [1.82, 2.24) is 19.7 Å². The summed E-state index contributed by atoms with van der Waals surface area (Å²) in [5.41, 5.74) is 0.659. The van der Waals surface area contributed by atoms with Crippen molar-refractivity contribution in [1.29, 1.82) is 0 Å². The average molecular weight is 376 g/mol. The first-order chi connectivity index (χ1) is 11.7. The molecule has 1 amide bonds. The first-order valence-electron chi connectivity index (χ1n) is 7.64. The molecule has 0 spiro atoms. The van der Waals surface area contributed by atoms with Crippen molar-refractivity contribution in [3.8, 4) is 0 Å². The number of pyridine rings is 1. The van der Waals surface area contributed by atoms with Crippen molar-refractivity contribution in [2.45, 2.75) is 45.3 Å². The van der Waals surface area contributed by atoms with Gasteiger partial charge in [-0.05, 0) is 18.1 Å². The van der Waals surface area contributed by atoms with Crippen LogP contribution in [0.25, 0.3) is 0 Å². The Bertz CT molecular complexity index is 730. The number of halogens is 4. The van der Waals surface area contributed by atoms with Gasteiger partial charge in [0.25, 0.3) is 0 Å². The van der Waals surface area contributed by atoms with Crippen LogP contribution in [0.4, 0.5) is 19.1 Å². The molecule has 0 radical (unpaired) electrons. The van der Waals surface area contributed by atoms with Gasteiger partial charge in [-0.2, -0.15) is 23.3 Å². The molecule has 1 unspecified atom stereocenters. The number of anilines is 1. The Balaban J connectivity index is 2.30. The molecule has 2 aromatic rings. The second-order valence-corrected chi connectivity index (χ2v) is 5.97. The number of nitrogens with one attached hydrogen (secondary N) is 1. The Labute approximate surface area is 147 Å². The monoisotopic (exact) mass is 375 g/mol. The number of aromatic nitrogens is 4. The van der Waals surface area contributed by atoms with Crippen molar-refractivity contribution in [2.75, 3.05) is 5.32 Å². The van der Waals surface area contributed by atoms with Crippen molar-refractivity contribution in [2.24, 2.45) is 0 Å². The van der Waals surface area contributed by atoms with Gasteiger partial charge in [-0.25, -0.2) is 9.67 Å². The zero-order valence-corrected chi connectivity index (χ0v) is 14.4. The topological polar surface area (TPSA) is 72.7 Å². The van der Waals surface area contributed by atoms with E-state index in [-0.39, 0.29) is 18.4 Å². The molecule has 2 heterocycles. The first-order valence-corrected chi connectivity index (χ1v) is 8.01. The molecule has 0 saturated heterocycles. The van der Waals surface area contributed by atoms with Crippen LogP contribution in [0.5, 0.6) is 0 Å². The molecule has 10 heteroatoms. The fourth-order valence-electron chi connectivity index (χ4n) is 2.18. The minimum atomic E-state index is -5.01. The summed E-state index contributed by atoms with van der Waals surface area (Å²) >= 11 is 5.72. The van der Waals surface area contributed by atoms with E-state index in [0.717, 1.165) is 12.8 Å². The number of carbonyl (C=O) groups is 1. The van der Waals surface area contributed by atoms with Gasteiger partial charge in [0, 0.05) is 12.1 Å². The third-order valence-corrected chi connectivity index (χ3v) is 3.68. The van der Waals surface area contributed by atoms with Crippen molar-refractivity contribution in [3.63, 3.8) is 0 Å². The summed E-state index contributed by atoms with van der Waals surface area (Å²) < 4.78 is 38.8. The van der Waals surface area contributed by atoms with Gasteiger partial charge in [0.15, 0.2) is 5.82 Å². The summed E-state index contributed by atoms with van der Waals surface area (Å²) in [6.07, 6.45) is -1.87. The van der Waals surface area contributed by atoms with Gasteiger partial charge >= 0.3 is 12.1 Å². The molecular weight excluding hydrogens is 359 g/mol. The molecule has 2 aromatic heterocycles. The second-order valence-electron chi connectivity index (χ2n) is 5.58. The molecule has 0 bridgehead atoms. The summed E-state index contributed by atoms with van der Waals surface area (Å²) in [6.45, 7) is 3.96. The zero-order chi connectivity index (χ0) is 18.6. The summed E-state index contributed by atoms with van der Waals surface area (Å²) in [6, 6.07) is 3.23. The fraction of sp³-hybridized carbons (Fsp3) is 0.467. The molecule has 0 aromatic carbocycles. The predicted molar refractivity (Wildman–Crippen MR) is 86.4 cm³/mol. The summed E-state index contributed by atoms with van der Waals surface area (Å²) in [7, 11) is 0. The molecule has 136 valence electrons. The third-order valence-electron chi connectivity index (χ3n) is 3.45. The highest BCUT2D eigenvalue weighted by atomic mass is 35.5. The molecule has 0 fully saturated rings. The van der Waals surface area contributed by atoms with Gasteiger partial charge in [0.2, 0.25) is 5.95 Å². The lowest BCUT2D eigenvalue weighted by molar-refractivity contribution is -0.167. The third kappa shape index (κ3) is 5.15. The standard InChI is InChI=1S/C15H17ClF3N5O/c1-3-4-9(2)12-21-14(22-13(25)15(17,18)19)24(23-12)8-10-5-6-11(16)20-7-10/h5-7,9H,3-4,8H2,1-2H3,(H,21,22,23,25). The van der Waals surface area contributed by atoms with Crippen molar-refractivity contribution in [3.05, 3.63) is 34.9 Å². The van der Waals surface area contributed by atoms with Crippen LogP contribution in [0, 0.1) is 0 Å². The van der Waals surface area contributed by atoms with Crippen LogP contribution in [0.1, 0.15) is 44.0 Å². The Hall–Kier alpha value is -2.16. The Morgan fingerprint density at radius 3 is 2.68 bits per heavy atom. The smallest absolute Gasteiger partial charge is 0.287 e. The number of hydrogen-bond donors (Lipinski definition) is 1. The molecular formula is C15H17ClF3N5O. The maximum Gasteiger partial charge on any atom is 0.471 e. The van der Waals surface area contributed by atoms with Crippen molar-refractivity contribution >= 4 is 23.5 Å². The average Bonchev–Trinajstić information content (AvgIpc) is 2.92. The highest BCUT2D eigenvalue weighted by molar-refractivity contribution is 6.29. The Kier molecular flexibility index (Phi) is 5.99. The molecule has 1 atom stereocenters. The van der Waals surface area contributed by atoms with Gasteiger partial charge in [0.1, 0.15) is 5.15 Å². The van der Waals surface area contributed by atoms with Crippen LogP contribution < -0.4 is 5.32 Å². The normalized spacial score (nSPS) is 12.9. The molecule has 1 N–H and O–H groups in total. The van der Waals surface area contributed by atoms with E-state index in [1.165, 1.54) is 10.9 Å². The van der Waals surface area contributed by atoms with E-state index in [1.807, 2.05) is 13.8 Å². The van der Waals surface area contributed by atoms with E-state index in [4.69, 9.17) is 11.6 Å². The maximum absolute atomic E-state index is 12.5. The van der Waals surface area contributed by atoms with E-state index in [2.05, 4.69) is 15.1 Å². The number of carbonyl (C=O) groups excluding carboxylic acids is 1. The fourth-order valence-corrected chi connectivity index (χ4v) is 2.29. The second kappa shape index (κ2) is 7.81. The van der Waals surface area contributed by atoms with Gasteiger partial charge < -0.3 is 0 Å². The van der Waals surface area contributed by atoms with Crippen LogP contribution in [-0.4, -0.2) is 31.8 Å². The molecule has 0 aliphatic carbocycles. The Morgan fingerprint density at radius 2 is 2.12 bits per heavy atom. The van der Waals surface area contributed by atoms with Crippen LogP contribution in [0.15, 0.2) is 18.3 Å². The van der Waals surface area contributed by atoms with Gasteiger partial charge in [-0.3, -0.25) is 10.1 Å². The SMILES string of the molecule is CCCC(C)c1nc(NC(=O)C(F)(F)F)n(Cc2ccc(Cl)nc2)n1. The van der Waals surface area contributed by atoms with E-state index >= 15 is 0 Å². The highest BCUT2D eigenvalue weighted by Gasteiger charge is 2.39. The number of nitrogens with zero attached hydrogens (tertiary/aromatic N) is 4. The Morgan fingerprint density at radius 1 is 1.40 bits per heavy atom. The minimum Gasteiger partial charge on any atom is -0.287 e. The predicted octanol–water partition coefficient (Wildman–Crippen LogP) is 3.78. The van der Waals surface area contributed by atoms with Crippen LogP contribution in [0.2, 0.25) is 5.15 Å². The van der Waals surface area contributed by atoms with Gasteiger partial charge in [-0.1, -0.05) is 37.9 Å². The summed E-state index contributed by atoms with van der Waals surface area (Å²) in [4.78, 5) is 19.2. The van der Waals surface area contributed by atoms with Crippen LogP contribution >= 0.6 is 11.6 Å². The lowest BCUT2D eigenvalue weighted by Crippen LogP contribution is -2.31. The van der Waals surface area contributed by atoms with E-state index in [0.29, 0.717) is 16.5 Å². The molecule has 25 heavy (non-hydrogen) atoms. The molecule has 0 aliphatic heterocycles. The largest absolute Gasteiger partial charge is 0.471 e. The molecule has 2 rings (SSSR count). The van der Waals surface area contributed by atoms with Gasteiger partial charge in [-0.15, -0.1) is 0 Å². The number of alkyl halides is 3. The molecule has 0 aliphatic rings. The van der Waals surface area contributed by atoms with Crippen molar-refractivity contribution < 1.29 is 18.0 Å². The number of rotatable bonds is 6. The first kappa shape index (κ1) is 19.2. The van der Waals surface area contributed by atoms with E-state index < -0.39 is 12.1 Å².